The van der Waals surface area contributed by atoms with Crippen molar-refractivity contribution >= 4 is 17.8 Å². The fourth-order valence-electron chi connectivity index (χ4n) is 1.61. The lowest BCUT2D eigenvalue weighted by molar-refractivity contribution is 0.239. The van der Waals surface area contributed by atoms with Crippen molar-refractivity contribution in [3.8, 4) is 0 Å². The van der Waals surface area contributed by atoms with Gasteiger partial charge in [0.2, 0.25) is 0 Å². The Morgan fingerprint density at radius 2 is 2.11 bits per heavy atom. The topological polar surface area (TPSA) is 46.9 Å². The third kappa shape index (κ3) is 2.92. The predicted octanol–water partition coefficient (Wildman–Crippen LogP) is 2.92. The Bertz CT molecular complexity index is 508. The smallest absolute Gasteiger partial charge is 0.327 e. The second-order valence-electron chi connectivity index (χ2n) is 3.91. The van der Waals surface area contributed by atoms with E-state index in [0.717, 1.165) is 5.56 Å². The van der Waals surface area contributed by atoms with Crippen LogP contribution < -0.4 is 5.32 Å². The maximum absolute atomic E-state index is 11.8. The molecule has 0 spiro atoms. The van der Waals surface area contributed by atoms with E-state index >= 15 is 0 Å². The standard InChI is InChI=1S/C13H15N3OS/c1-10(11-3-5-12(18-2)6-4-11)15-13(17)16-8-7-14-9-16/h3-10H,1-2H3,(H,15,17). The van der Waals surface area contributed by atoms with Crippen molar-refractivity contribution in [1.29, 1.82) is 0 Å². The molecule has 18 heavy (non-hydrogen) atoms. The molecule has 0 aliphatic rings. The molecule has 0 aliphatic heterocycles. The second kappa shape index (κ2) is 5.73. The third-order valence-electron chi connectivity index (χ3n) is 2.69. The first-order valence-electron chi connectivity index (χ1n) is 5.63. The Morgan fingerprint density at radius 1 is 1.39 bits per heavy atom. The number of nitrogens with zero attached hydrogens (tertiary/aromatic N) is 2. The van der Waals surface area contributed by atoms with Gasteiger partial charge in [-0.15, -0.1) is 11.8 Å². The van der Waals surface area contributed by atoms with Gasteiger partial charge in [-0.3, -0.25) is 4.57 Å². The average Bonchev–Trinajstić information content (AvgIpc) is 2.92. The van der Waals surface area contributed by atoms with Gasteiger partial charge < -0.3 is 5.32 Å². The van der Waals surface area contributed by atoms with Crippen molar-refractivity contribution in [2.24, 2.45) is 0 Å². The van der Waals surface area contributed by atoms with Crippen LogP contribution in [0.4, 0.5) is 4.79 Å². The van der Waals surface area contributed by atoms with Crippen LogP contribution in [0, 0.1) is 0 Å². The van der Waals surface area contributed by atoms with Gasteiger partial charge in [0, 0.05) is 17.3 Å². The molecule has 2 aromatic rings. The van der Waals surface area contributed by atoms with Gasteiger partial charge in [-0.2, -0.15) is 0 Å². The van der Waals surface area contributed by atoms with Gasteiger partial charge in [0.1, 0.15) is 6.33 Å². The predicted molar refractivity (Wildman–Crippen MR) is 72.8 cm³/mol. The van der Waals surface area contributed by atoms with Crippen molar-refractivity contribution < 1.29 is 4.79 Å². The first-order chi connectivity index (χ1) is 8.70. The Morgan fingerprint density at radius 3 is 2.67 bits per heavy atom. The molecule has 0 saturated carbocycles. The number of nitrogens with one attached hydrogen (secondary N) is 1. The molecule has 1 atom stereocenters. The monoisotopic (exact) mass is 261 g/mol. The van der Waals surface area contributed by atoms with Crippen molar-refractivity contribution in [3.05, 3.63) is 48.5 Å². The molecule has 1 heterocycles. The van der Waals surface area contributed by atoms with Gasteiger partial charge >= 0.3 is 6.03 Å². The molecule has 2 rings (SSSR count). The molecule has 1 aromatic heterocycles. The van der Waals surface area contributed by atoms with Crippen LogP contribution in [0.5, 0.6) is 0 Å². The number of hydrogen-bond acceptors (Lipinski definition) is 3. The zero-order chi connectivity index (χ0) is 13.0. The van der Waals surface area contributed by atoms with Crippen LogP contribution in [0.2, 0.25) is 0 Å². The van der Waals surface area contributed by atoms with Gasteiger partial charge in [-0.1, -0.05) is 12.1 Å². The number of benzene rings is 1. The van der Waals surface area contributed by atoms with E-state index in [9.17, 15) is 4.79 Å². The maximum Gasteiger partial charge on any atom is 0.327 e. The molecule has 4 nitrogen and oxygen atoms in total. The van der Waals surface area contributed by atoms with Gasteiger partial charge in [0.05, 0.1) is 6.04 Å². The number of imidazole rings is 1. The van der Waals surface area contributed by atoms with Gasteiger partial charge in [-0.05, 0) is 30.9 Å². The Kier molecular flexibility index (Phi) is 4.04. The zero-order valence-electron chi connectivity index (χ0n) is 10.3. The first kappa shape index (κ1) is 12.7. The molecule has 0 aliphatic carbocycles. The summed E-state index contributed by atoms with van der Waals surface area (Å²) in [6, 6.07) is 7.97. The summed E-state index contributed by atoms with van der Waals surface area (Å²) in [6.07, 6.45) is 6.73. The minimum atomic E-state index is -0.172. The molecular weight excluding hydrogens is 246 g/mol. The fraction of sp³-hybridized carbons (Fsp3) is 0.231. The van der Waals surface area contributed by atoms with E-state index in [1.165, 1.54) is 15.8 Å². The SMILES string of the molecule is CSc1ccc(C(C)NC(=O)n2ccnc2)cc1. The van der Waals surface area contributed by atoms with Gasteiger partial charge in [-0.25, -0.2) is 9.78 Å². The molecular formula is C13H15N3OS. The average molecular weight is 261 g/mol. The van der Waals surface area contributed by atoms with Crippen molar-refractivity contribution in [3.63, 3.8) is 0 Å². The summed E-state index contributed by atoms with van der Waals surface area (Å²) in [6.45, 7) is 1.96. The largest absolute Gasteiger partial charge is 0.331 e. The summed E-state index contributed by atoms with van der Waals surface area (Å²) in [5, 5.41) is 2.91. The quantitative estimate of drug-likeness (QED) is 0.864. The lowest BCUT2D eigenvalue weighted by atomic mass is 10.1. The Labute approximate surface area is 110 Å². The summed E-state index contributed by atoms with van der Waals surface area (Å²) in [5.74, 6) is 0. The normalized spacial score (nSPS) is 12.1. The number of carbonyl (C=O) groups is 1. The molecule has 0 saturated heterocycles. The Balaban J connectivity index is 2.02. The number of carbonyl (C=O) groups excluding carboxylic acids is 1. The van der Waals surface area contributed by atoms with Crippen LogP contribution >= 0.6 is 11.8 Å². The lowest BCUT2D eigenvalue weighted by Gasteiger charge is -2.14. The van der Waals surface area contributed by atoms with Crippen LogP contribution in [0.1, 0.15) is 18.5 Å². The van der Waals surface area contributed by atoms with Crippen molar-refractivity contribution in [1.82, 2.24) is 14.9 Å². The molecule has 1 aromatic carbocycles. The highest BCUT2D eigenvalue weighted by Gasteiger charge is 2.10. The van der Waals surface area contributed by atoms with E-state index < -0.39 is 0 Å². The van der Waals surface area contributed by atoms with Crippen molar-refractivity contribution in [2.75, 3.05) is 6.26 Å². The molecule has 0 bridgehead atoms. The number of aromatic nitrogens is 2. The van der Waals surface area contributed by atoms with Crippen molar-refractivity contribution in [2.45, 2.75) is 17.9 Å². The number of thioether (sulfide) groups is 1. The summed E-state index contributed by atoms with van der Waals surface area (Å²) in [4.78, 5) is 16.9. The third-order valence-corrected chi connectivity index (χ3v) is 3.44. The first-order valence-corrected chi connectivity index (χ1v) is 6.86. The van der Waals surface area contributed by atoms with E-state index in [1.807, 2.05) is 25.3 Å². The summed E-state index contributed by atoms with van der Waals surface area (Å²) >= 11 is 1.70. The minimum absolute atomic E-state index is 0.0317. The van der Waals surface area contributed by atoms with E-state index in [-0.39, 0.29) is 12.1 Å². The molecule has 94 valence electrons. The zero-order valence-corrected chi connectivity index (χ0v) is 11.1. The molecule has 1 N–H and O–H groups in total. The van der Waals surface area contributed by atoms with Gasteiger partial charge in [0.25, 0.3) is 0 Å². The summed E-state index contributed by atoms with van der Waals surface area (Å²) in [5.41, 5.74) is 1.08. The highest BCUT2D eigenvalue weighted by Crippen LogP contribution is 2.18. The van der Waals surface area contributed by atoms with Crippen LogP contribution in [0.3, 0.4) is 0 Å². The highest BCUT2D eigenvalue weighted by atomic mass is 32.2. The Hall–Kier alpha value is -1.75. The van der Waals surface area contributed by atoms with E-state index in [1.54, 1.807) is 24.2 Å². The van der Waals surface area contributed by atoms with Crippen LogP contribution in [0.25, 0.3) is 0 Å². The molecule has 1 amide bonds. The summed E-state index contributed by atoms with van der Waals surface area (Å²) in [7, 11) is 0. The van der Waals surface area contributed by atoms with Crippen LogP contribution in [-0.4, -0.2) is 21.8 Å². The molecule has 1 unspecified atom stereocenters. The minimum Gasteiger partial charge on any atom is -0.331 e. The van der Waals surface area contributed by atoms with Crippen LogP contribution in [0.15, 0.2) is 47.9 Å². The molecule has 0 fully saturated rings. The second-order valence-corrected chi connectivity index (χ2v) is 4.79. The highest BCUT2D eigenvalue weighted by molar-refractivity contribution is 7.98. The number of rotatable bonds is 3. The number of amides is 1. The summed E-state index contributed by atoms with van der Waals surface area (Å²) < 4.78 is 1.42. The molecule has 5 heteroatoms. The fourth-order valence-corrected chi connectivity index (χ4v) is 2.02. The van der Waals surface area contributed by atoms with E-state index in [4.69, 9.17) is 0 Å². The number of hydrogen-bond donors (Lipinski definition) is 1. The lowest BCUT2D eigenvalue weighted by Crippen LogP contribution is -2.30. The molecule has 0 radical (unpaired) electrons. The van der Waals surface area contributed by atoms with Crippen LogP contribution in [-0.2, 0) is 0 Å². The maximum atomic E-state index is 11.8. The van der Waals surface area contributed by atoms with Gasteiger partial charge in [0.15, 0.2) is 0 Å². The van der Waals surface area contributed by atoms with E-state index in [2.05, 4.69) is 22.4 Å². The van der Waals surface area contributed by atoms with E-state index in [0.29, 0.717) is 0 Å².